The molecule has 0 fully saturated rings. The van der Waals surface area contributed by atoms with Gasteiger partial charge in [0.2, 0.25) is 21.8 Å². The Morgan fingerprint density at radius 3 is 2.21 bits per heavy atom. The van der Waals surface area contributed by atoms with E-state index >= 15 is 0 Å². The Labute approximate surface area is 205 Å². The average molecular weight is 539 g/mol. The predicted molar refractivity (Wildman–Crippen MR) is 135 cm³/mol. The van der Waals surface area contributed by atoms with E-state index in [0.717, 1.165) is 26.2 Å². The minimum absolute atomic E-state index is 0.178. The largest absolute Gasteiger partial charge is 0.350 e. The summed E-state index contributed by atoms with van der Waals surface area (Å²) in [5, 5.41) is 2.90. The predicted octanol–water partition coefficient (Wildman–Crippen LogP) is 3.86. The Bertz CT molecular complexity index is 1100. The molecule has 0 aliphatic carbocycles. The normalized spacial score (nSPS) is 12.7. The Balaban J connectivity index is 2.39. The number of anilines is 1. The van der Waals surface area contributed by atoms with Gasteiger partial charge in [0.1, 0.15) is 12.6 Å². The highest BCUT2D eigenvalue weighted by atomic mass is 79.9. The van der Waals surface area contributed by atoms with Crippen molar-refractivity contribution >= 4 is 43.5 Å². The van der Waals surface area contributed by atoms with E-state index in [4.69, 9.17) is 0 Å². The first-order valence-electron chi connectivity index (χ1n) is 10.6. The molecule has 0 heterocycles. The molecule has 7 nitrogen and oxygen atoms in total. The summed E-state index contributed by atoms with van der Waals surface area (Å²) in [4.78, 5) is 27.8. The van der Waals surface area contributed by atoms with E-state index in [2.05, 4.69) is 21.2 Å². The lowest BCUT2D eigenvalue weighted by Crippen LogP contribution is -2.54. The second-order valence-corrected chi connectivity index (χ2v) is 12.0. The van der Waals surface area contributed by atoms with E-state index in [1.165, 1.54) is 4.90 Å². The van der Waals surface area contributed by atoms with E-state index in [9.17, 15) is 18.0 Å². The van der Waals surface area contributed by atoms with Gasteiger partial charge in [-0.1, -0.05) is 45.8 Å². The van der Waals surface area contributed by atoms with Crippen LogP contribution in [0.5, 0.6) is 0 Å². The van der Waals surface area contributed by atoms with Gasteiger partial charge in [-0.25, -0.2) is 8.42 Å². The molecule has 9 heteroatoms. The van der Waals surface area contributed by atoms with Gasteiger partial charge in [-0.3, -0.25) is 13.9 Å². The zero-order valence-corrected chi connectivity index (χ0v) is 22.3. The van der Waals surface area contributed by atoms with Crippen LogP contribution in [0, 0.1) is 6.92 Å². The molecule has 0 radical (unpaired) electrons. The number of nitrogens with zero attached hydrogens (tertiary/aromatic N) is 2. The Hall–Kier alpha value is -2.39. The van der Waals surface area contributed by atoms with Gasteiger partial charge in [0, 0.05) is 16.6 Å². The number of amides is 2. The van der Waals surface area contributed by atoms with Crippen LogP contribution in [-0.4, -0.2) is 49.5 Å². The zero-order valence-electron chi connectivity index (χ0n) is 19.9. The molecule has 0 aliphatic rings. The number of aryl methyl sites for hydroxylation is 1. The van der Waals surface area contributed by atoms with Crippen LogP contribution in [0.25, 0.3) is 0 Å². The molecule has 33 heavy (non-hydrogen) atoms. The van der Waals surface area contributed by atoms with Crippen molar-refractivity contribution in [3.63, 3.8) is 0 Å². The third kappa shape index (κ3) is 8.16. The third-order valence-electron chi connectivity index (χ3n) is 4.89. The number of carbonyl (C=O) groups is 2. The van der Waals surface area contributed by atoms with Crippen LogP contribution in [0.3, 0.4) is 0 Å². The van der Waals surface area contributed by atoms with Crippen molar-refractivity contribution in [1.29, 1.82) is 0 Å². The molecule has 2 aromatic rings. The lowest BCUT2D eigenvalue weighted by Gasteiger charge is -2.33. The van der Waals surface area contributed by atoms with Crippen molar-refractivity contribution < 1.29 is 18.0 Å². The zero-order chi connectivity index (χ0) is 25.0. The second-order valence-electron chi connectivity index (χ2n) is 9.17. The molecular weight excluding hydrogens is 506 g/mol. The summed E-state index contributed by atoms with van der Waals surface area (Å²) in [5.41, 5.74) is 1.78. The Morgan fingerprint density at radius 1 is 1.09 bits per heavy atom. The molecule has 0 aromatic heterocycles. The lowest BCUT2D eigenvalue weighted by atomic mass is 10.1. The fourth-order valence-corrected chi connectivity index (χ4v) is 4.40. The quantitative estimate of drug-likeness (QED) is 0.553. The van der Waals surface area contributed by atoms with Crippen LogP contribution in [-0.2, 0) is 26.2 Å². The summed E-state index contributed by atoms with van der Waals surface area (Å²) in [7, 11) is -3.74. The van der Waals surface area contributed by atoms with Crippen molar-refractivity contribution in [2.45, 2.75) is 52.7 Å². The number of halogens is 1. The van der Waals surface area contributed by atoms with Crippen molar-refractivity contribution in [3.8, 4) is 0 Å². The highest BCUT2D eigenvalue weighted by Gasteiger charge is 2.31. The van der Waals surface area contributed by atoms with Crippen LogP contribution < -0.4 is 9.62 Å². The van der Waals surface area contributed by atoms with Gasteiger partial charge in [-0.2, -0.15) is 0 Å². The van der Waals surface area contributed by atoms with Crippen molar-refractivity contribution in [2.24, 2.45) is 0 Å². The van der Waals surface area contributed by atoms with Crippen LogP contribution >= 0.6 is 15.9 Å². The van der Waals surface area contributed by atoms with Crippen LogP contribution in [0.4, 0.5) is 5.69 Å². The van der Waals surface area contributed by atoms with Gasteiger partial charge in [-0.15, -0.1) is 0 Å². The van der Waals surface area contributed by atoms with Crippen LogP contribution in [0.2, 0.25) is 0 Å². The summed E-state index contributed by atoms with van der Waals surface area (Å²) >= 11 is 3.33. The minimum Gasteiger partial charge on any atom is -0.350 e. The van der Waals surface area contributed by atoms with Gasteiger partial charge in [0.15, 0.2) is 0 Å². The fraction of sp³-hybridized carbons (Fsp3) is 0.417. The molecular formula is C24H32BrN3O4S. The fourth-order valence-electron chi connectivity index (χ4n) is 3.28. The SMILES string of the molecule is Cc1cccc(CN(C(=O)CN(c2ccc(Br)cc2)S(C)(=O)=O)[C@H](C)C(=O)NC(C)(C)C)c1. The Morgan fingerprint density at radius 2 is 1.70 bits per heavy atom. The average Bonchev–Trinajstić information content (AvgIpc) is 2.68. The number of sulfonamides is 1. The molecule has 0 spiro atoms. The maximum absolute atomic E-state index is 13.5. The molecule has 2 rings (SSSR count). The van der Waals surface area contributed by atoms with Gasteiger partial charge in [-0.05, 0) is 64.4 Å². The first-order valence-corrected chi connectivity index (χ1v) is 13.2. The van der Waals surface area contributed by atoms with E-state index in [1.807, 2.05) is 52.0 Å². The smallest absolute Gasteiger partial charge is 0.244 e. The molecule has 1 N–H and O–H groups in total. The van der Waals surface area contributed by atoms with Gasteiger partial charge < -0.3 is 10.2 Å². The topological polar surface area (TPSA) is 86.8 Å². The standard InChI is InChI=1S/C24H32BrN3O4S/c1-17-8-7-9-19(14-17)15-27(18(2)23(30)26-24(3,4)5)22(29)16-28(33(6,31)32)21-12-10-20(25)11-13-21/h7-14,18H,15-16H2,1-6H3,(H,26,30)/t18-/m1/s1. The summed E-state index contributed by atoms with van der Waals surface area (Å²) < 4.78 is 26.9. The number of carbonyl (C=O) groups excluding carboxylic acids is 2. The van der Waals surface area contributed by atoms with Crippen molar-refractivity contribution in [3.05, 3.63) is 64.1 Å². The van der Waals surface area contributed by atoms with E-state index in [0.29, 0.717) is 5.69 Å². The molecule has 0 saturated carbocycles. The summed E-state index contributed by atoms with van der Waals surface area (Å²) in [6.45, 7) is 8.95. The molecule has 0 bridgehead atoms. The number of hydrogen-bond donors (Lipinski definition) is 1. The number of rotatable bonds is 8. The summed E-state index contributed by atoms with van der Waals surface area (Å²) in [6, 6.07) is 13.5. The van der Waals surface area contributed by atoms with Crippen molar-refractivity contribution in [2.75, 3.05) is 17.1 Å². The molecule has 2 amide bonds. The molecule has 0 unspecified atom stereocenters. The van der Waals surface area contributed by atoms with E-state index in [1.54, 1.807) is 31.2 Å². The minimum atomic E-state index is -3.74. The summed E-state index contributed by atoms with van der Waals surface area (Å²) in [6.07, 6.45) is 1.06. The highest BCUT2D eigenvalue weighted by molar-refractivity contribution is 9.10. The monoisotopic (exact) mass is 537 g/mol. The van der Waals surface area contributed by atoms with Crippen LogP contribution in [0.1, 0.15) is 38.8 Å². The van der Waals surface area contributed by atoms with Crippen molar-refractivity contribution in [1.82, 2.24) is 10.2 Å². The lowest BCUT2D eigenvalue weighted by molar-refractivity contribution is -0.140. The second kappa shape index (κ2) is 10.7. The van der Waals surface area contributed by atoms with Gasteiger partial charge >= 0.3 is 0 Å². The first-order chi connectivity index (χ1) is 15.2. The molecule has 0 aliphatic heterocycles. The van der Waals surface area contributed by atoms with Crippen LogP contribution in [0.15, 0.2) is 53.0 Å². The Kier molecular flexibility index (Phi) is 8.70. The number of nitrogens with one attached hydrogen (secondary N) is 1. The number of hydrogen-bond acceptors (Lipinski definition) is 4. The summed E-state index contributed by atoms with van der Waals surface area (Å²) in [5.74, 6) is -0.778. The third-order valence-corrected chi connectivity index (χ3v) is 6.56. The molecule has 180 valence electrons. The van der Waals surface area contributed by atoms with Gasteiger partial charge in [0.25, 0.3) is 0 Å². The molecule has 1 atom stereocenters. The first kappa shape index (κ1) is 26.9. The molecule has 0 saturated heterocycles. The maximum atomic E-state index is 13.5. The number of benzene rings is 2. The van der Waals surface area contributed by atoms with E-state index in [-0.39, 0.29) is 12.5 Å². The molecule has 2 aromatic carbocycles. The maximum Gasteiger partial charge on any atom is 0.244 e. The van der Waals surface area contributed by atoms with E-state index < -0.39 is 34.1 Å². The van der Waals surface area contributed by atoms with Gasteiger partial charge in [0.05, 0.1) is 11.9 Å². The highest BCUT2D eigenvalue weighted by Crippen LogP contribution is 2.22.